The minimum absolute atomic E-state index is 0.0822. The van der Waals surface area contributed by atoms with Crippen LogP contribution >= 0.6 is 0 Å². The Morgan fingerprint density at radius 1 is 1.53 bits per heavy atom. The highest BCUT2D eigenvalue weighted by Gasteiger charge is 2.43. The maximum atomic E-state index is 5.96. The normalized spacial score (nSPS) is 19.6. The van der Waals surface area contributed by atoms with Crippen LogP contribution < -0.4 is 5.73 Å². The number of hydrogen-bond donors (Lipinski definition) is 1. The van der Waals surface area contributed by atoms with Crippen molar-refractivity contribution in [3.05, 3.63) is 18.2 Å². The van der Waals surface area contributed by atoms with Crippen molar-refractivity contribution in [3.8, 4) is 0 Å². The smallest absolute Gasteiger partial charge is 0.200 e. The molecule has 1 saturated carbocycles. The zero-order chi connectivity index (χ0) is 12.5. The molecule has 2 N–H and O–H groups in total. The summed E-state index contributed by atoms with van der Waals surface area (Å²) in [6, 6.07) is 0. The van der Waals surface area contributed by atoms with Crippen LogP contribution in [0.1, 0.15) is 31.7 Å². The van der Waals surface area contributed by atoms with E-state index in [1.165, 1.54) is 12.8 Å². The van der Waals surface area contributed by atoms with E-state index in [0.717, 1.165) is 5.69 Å². The molecule has 1 heterocycles. The molecule has 0 aliphatic heterocycles. The number of hydrogen-bond acceptors (Lipinski definition) is 4. The van der Waals surface area contributed by atoms with Crippen molar-refractivity contribution in [2.45, 2.75) is 31.6 Å². The Morgan fingerprint density at radius 2 is 2.18 bits per heavy atom. The molecule has 0 spiro atoms. The third-order valence-corrected chi connectivity index (χ3v) is 3.76. The quantitative estimate of drug-likeness (QED) is 0.759. The van der Waals surface area contributed by atoms with Crippen LogP contribution in [0.25, 0.3) is 0 Å². The maximum Gasteiger partial charge on any atom is 0.200 e. The van der Waals surface area contributed by atoms with E-state index in [1.807, 2.05) is 6.33 Å². The minimum atomic E-state index is -0.387. The lowest BCUT2D eigenvalue weighted by Crippen LogP contribution is -2.41. The highest BCUT2D eigenvalue weighted by molar-refractivity contribution is 5.09. The number of imidazole rings is 1. The molecule has 1 aliphatic carbocycles. The summed E-state index contributed by atoms with van der Waals surface area (Å²) in [7, 11) is 3.25. The van der Waals surface area contributed by atoms with E-state index in [2.05, 4.69) is 16.5 Å². The van der Waals surface area contributed by atoms with Crippen molar-refractivity contribution in [2.24, 2.45) is 11.7 Å². The van der Waals surface area contributed by atoms with Crippen molar-refractivity contribution >= 4 is 0 Å². The van der Waals surface area contributed by atoms with E-state index in [1.54, 1.807) is 20.4 Å². The molecule has 1 unspecified atom stereocenters. The second kappa shape index (κ2) is 4.76. The minimum Gasteiger partial charge on any atom is -0.350 e. The zero-order valence-corrected chi connectivity index (χ0v) is 10.7. The summed E-state index contributed by atoms with van der Waals surface area (Å²) in [5.41, 5.74) is 6.80. The van der Waals surface area contributed by atoms with E-state index in [9.17, 15) is 0 Å². The molecule has 1 atom stereocenters. The molecule has 96 valence electrons. The van der Waals surface area contributed by atoms with Crippen LogP contribution in [0.2, 0.25) is 0 Å². The van der Waals surface area contributed by atoms with Gasteiger partial charge >= 0.3 is 0 Å². The molecule has 5 heteroatoms. The lowest BCUT2D eigenvalue weighted by molar-refractivity contribution is -0.112. The van der Waals surface area contributed by atoms with Gasteiger partial charge in [0, 0.05) is 20.8 Å². The molecular weight excluding hydrogens is 218 g/mol. The van der Waals surface area contributed by atoms with E-state index in [-0.39, 0.29) is 11.8 Å². The SMILES string of the molecule is COC(OC)c1cncn1C(C)(CN)C1CC1. The molecule has 1 aromatic heterocycles. The molecule has 0 saturated heterocycles. The van der Waals surface area contributed by atoms with E-state index in [0.29, 0.717) is 12.5 Å². The number of ether oxygens (including phenoxy) is 2. The van der Waals surface area contributed by atoms with Crippen molar-refractivity contribution in [1.29, 1.82) is 0 Å². The lowest BCUT2D eigenvalue weighted by Gasteiger charge is -2.33. The van der Waals surface area contributed by atoms with Crippen LogP contribution in [0, 0.1) is 5.92 Å². The Kier molecular flexibility index (Phi) is 3.51. The molecule has 17 heavy (non-hydrogen) atoms. The first-order chi connectivity index (χ1) is 8.17. The average Bonchev–Trinajstić information content (AvgIpc) is 3.10. The second-order valence-corrected chi connectivity index (χ2v) is 4.83. The highest BCUT2D eigenvalue weighted by atomic mass is 16.7. The van der Waals surface area contributed by atoms with Gasteiger partial charge in [-0.2, -0.15) is 0 Å². The summed E-state index contributed by atoms with van der Waals surface area (Å²) in [6.07, 6.45) is 5.69. The molecule has 1 fully saturated rings. The summed E-state index contributed by atoms with van der Waals surface area (Å²) in [4.78, 5) is 4.21. The van der Waals surface area contributed by atoms with Gasteiger partial charge in [-0.15, -0.1) is 0 Å². The third kappa shape index (κ3) is 2.10. The number of rotatable bonds is 6. The predicted molar refractivity (Wildman–Crippen MR) is 64.4 cm³/mol. The van der Waals surface area contributed by atoms with Crippen molar-refractivity contribution in [3.63, 3.8) is 0 Å². The summed E-state index contributed by atoms with van der Waals surface area (Å²) in [5, 5.41) is 0. The van der Waals surface area contributed by atoms with Crippen molar-refractivity contribution in [2.75, 3.05) is 20.8 Å². The molecule has 1 aliphatic rings. The Hall–Kier alpha value is -0.910. The molecule has 0 aromatic carbocycles. The second-order valence-electron chi connectivity index (χ2n) is 4.83. The molecular formula is C12H21N3O2. The largest absolute Gasteiger partial charge is 0.350 e. The van der Waals surface area contributed by atoms with E-state index < -0.39 is 0 Å². The van der Waals surface area contributed by atoms with Gasteiger partial charge in [0.1, 0.15) is 0 Å². The molecule has 0 amide bonds. The van der Waals surface area contributed by atoms with E-state index >= 15 is 0 Å². The van der Waals surface area contributed by atoms with Crippen LogP contribution in [0.4, 0.5) is 0 Å². The molecule has 5 nitrogen and oxygen atoms in total. The summed E-state index contributed by atoms with van der Waals surface area (Å²) >= 11 is 0. The van der Waals surface area contributed by atoms with E-state index in [4.69, 9.17) is 15.2 Å². The fraction of sp³-hybridized carbons (Fsp3) is 0.750. The Balaban J connectivity index is 2.34. The monoisotopic (exact) mass is 239 g/mol. The van der Waals surface area contributed by atoms with Crippen LogP contribution in [0.15, 0.2) is 12.5 Å². The number of methoxy groups -OCH3 is 2. The highest BCUT2D eigenvalue weighted by Crippen LogP contribution is 2.44. The average molecular weight is 239 g/mol. The fourth-order valence-electron chi connectivity index (χ4n) is 2.41. The van der Waals surface area contributed by atoms with Gasteiger partial charge in [-0.1, -0.05) is 0 Å². The van der Waals surface area contributed by atoms with Gasteiger partial charge in [-0.3, -0.25) is 0 Å². The van der Waals surface area contributed by atoms with Gasteiger partial charge in [-0.05, 0) is 25.7 Å². The van der Waals surface area contributed by atoms with Gasteiger partial charge in [0.25, 0.3) is 0 Å². The van der Waals surface area contributed by atoms with Crippen LogP contribution in [-0.4, -0.2) is 30.3 Å². The van der Waals surface area contributed by atoms with Gasteiger partial charge in [0.15, 0.2) is 6.29 Å². The Morgan fingerprint density at radius 3 is 2.65 bits per heavy atom. The topological polar surface area (TPSA) is 62.3 Å². The van der Waals surface area contributed by atoms with Gasteiger partial charge in [0.05, 0.1) is 23.8 Å². The lowest BCUT2D eigenvalue weighted by atomic mass is 9.95. The standard InChI is InChI=1S/C12H21N3O2/c1-12(7-13,9-4-5-9)15-8-14-6-10(15)11(16-2)17-3/h6,8-9,11H,4-5,7,13H2,1-3H3. The van der Waals surface area contributed by atoms with Crippen LogP contribution in [-0.2, 0) is 15.0 Å². The molecule has 0 bridgehead atoms. The number of nitrogens with two attached hydrogens (primary N) is 1. The van der Waals surface area contributed by atoms with Crippen LogP contribution in [0.5, 0.6) is 0 Å². The fourth-order valence-corrected chi connectivity index (χ4v) is 2.41. The van der Waals surface area contributed by atoms with Gasteiger partial charge in [-0.25, -0.2) is 4.98 Å². The first-order valence-electron chi connectivity index (χ1n) is 5.95. The first kappa shape index (κ1) is 12.5. The van der Waals surface area contributed by atoms with Gasteiger partial charge < -0.3 is 19.8 Å². The molecule has 1 aromatic rings. The number of aromatic nitrogens is 2. The zero-order valence-electron chi connectivity index (χ0n) is 10.7. The number of nitrogens with zero attached hydrogens (tertiary/aromatic N) is 2. The van der Waals surface area contributed by atoms with Crippen molar-refractivity contribution < 1.29 is 9.47 Å². The molecule has 0 radical (unpaired) electrons. The third-order valence-electron chi connectivity index (χ3n) is 3.76. The Bertz CT molecular complexity index is 372. The summed E-state index contributed by atoms with van der Waals surface area (Å²) in [5.74, 6) is 0.634. The van der Waals surface area contributed by atoms with Crippen LogP contribution in [0.3, 0.4) is 0 Å². The summed E-state index contributed by atoms with van der Waals surface area (Å²) in [6.45, 7) is 2.78. The molecule has 2 rings (SSSR count). The van der Waals surface area contributed by atoms with Gasteiger partial charge in [0.2, 0.25) is 0 Å². The summed E-state index contributed by atoms with van der Waals surface area (Å²) < 4.78 is 12.7. The maximum absolute atomic E-state index is 5.96. The van der Waals surface area contributed by atoms with Crippen molar-refractivity contribution in [1.82, 2.24) is 9.55 Å². The predicted octanol–water partition coefficient (Wildman–Crippen LogP) is 1.26. The first-order valence-corrected chi connectivity index (χ1v) is 5.95. The Labute approximate surface area is 102 Å².